The maximum atomic E-state index is 11.6. The Hall–Kier alpha value is -0.780. The predicted molar refractivity (Wildman–Crippen MR) is 27.5 cm³/mol. The molecule has 0 saturated carbocycles. The Morgan fingerprint density at radius 3 is 2.40 bits per heavy atom. The van der Waals surface area contributed by atoms with Crippen LogP contribution in [0.25, 0.3) is 0 Å². The summed E-state index contributed by atoms with van der Waals surface area (Å²) in [6.07, 6.45) is -5.64. The minimum absolute atomic E-state index is 0.227. The van der Waals surface area contributed by atoms with Crippen LogP contribution in [0.15, 0.2) is 4.99 Å². The number of rotatable bonds is 0. The molecule has 1 unspecified atom stereocenters. The average molecular weight is 154 g/mol. The molecule has 0 radical (unpaired) electrons. The van der Waals surface area contributed by atoms with Crippen molar-refractivity contribution in [3.05, 3.63) is 0 Å². The molecule has 0 saturated heterocycles. The molecular formula is C4H5F3N2O. The van der Waals surface area contributed by atoms with E-state index in [9.17, 15) is 13.2 Å². The molecule has 1 rings (SSSR count). The molecule has 0 amide bonds. The highest BCUT2D eigenvalue weighted by Crippen LogP contribution is 2.17. The maximum absolute atomic E-state index is 11.6. The molecule has 0 spiro atoms. The Morgan fingerprint density at radius 1 is 1.60 bits per heavy atom. The molecule has 0 aromatic carbocycles. The zero-order valence-electron chi connectivity index (χ0n) is 4.81. The van der Waals surface area contributed by atoms with Crippen LogP contribution >= 0.6 is 0 Å². The van der Waals surface area contributed by atoms with Crippen molar-refractivity contribution in [1.82, 2.24) is 5.32 Å². The molecule has 1 aliphatic rings. The molecule has 1 aliphatic heterocycles. The van der Waals surface area contributed by atoms with Gasteiger partial charge in [0.1, 0.15) is 6.23 Å². The van der Waals surface area contributed by atoms with Crippen LogP contribution in [0.1, 0.15) is 0 Å². The first kappa shape index (κ1) is 7.33. The summed E-state index contributed by atoms with van der Waals surface area (Å²) < 4.78 is 34.9. The first-order chi connectivity index (χ1) is 4.50. The molecule has 2 N–H and O–H groups in total. The maximum Gasteiger partial charge on any atom is 0.448 e. The number of alkyl halides is 3. The van der Waals surface area contributed by atoms with Crippen LogP contribution in [-0.2, 0) is 0 Å². The van der Waals surface area contributed by atoms with Crippen molar-refractivity contribution < 1.29 is 18.3 Å². The molecular weight excluding hydrogens is 149 g/mol. The summed E-state index contributed by atoms with van der Waals surface area (Å²) in [4.78, 5) is 3.02. The second-order valence-electron chi connectivity index (χ2n) is 1.85. The van der Waals surface area contributed by atoms with Crippen LogP contribution in [0.3, 0.4) is 0 Å². The number of hydrogen-bond acceptors (Lipinski definition) is 3. The van der Waals surface area contributed by atoms with Crippen molar-refractivity contribution in [2.45, 2.75) is 12.4 Å². The van der Waals surface area contributed by atoms with E-state index in [0.29, 0.717) is 0 Å². The van der Waals surface area contributed by atoms with Gasteiger partial charge < -0.3 is 10.4 Å². The lowest BCUT2D eigenvalue weighted by Crippen LogP contribution is -2.38. The lowest BCUT2D eigenvalue weighted by Gasteiger charge is -2.07. The van der Waals surface area contributed by atoms with E-state index in [-0.39, 0.29) is 6.54 Å². The number of aliphatic hydroxyl groups excluding tert-OH is 1. The highest BCUT2D eigenvalue weighted by atomic mass is 19.4. The summed E-state index contributed by atoms with van der Waals surface area (Å²) in [6.45, 7) is -0.227. The quantitative estimate of drug-likeness (QED) is 0.510. The SMILES string of the molecule is OC1CN=C(C(F)(F)F)N1. The summed E-state index contributed by atoms with van der Waals surface area (Å²) in [5.41, 5.74) is 0. The Balaban J connectivity index is 2.60. The van der Waals surface area contributed by atoms with Crippen LogP contribution < -0.4 is 5.32 Å². The number of amidine groups is 1. The number of aliphatic hydroxyl groups is 1. The van der Waals surface area contributed by atoms with E-state index in [4.69, 9.17) is 5.11 Å². The summed E-state index contributed by atoms with van der Waals surface area (Å²) in [5.74, 6) is -1.10. The lowest BCUT2D eigenvalue weighted by molar-refractivity contribution is -0.0624. The Morgan fingerprint density at radius 2 is 2.20 bits per heavy atom. The van der Waals surface area contributed by atoms with E-state index in [1.165, 1.54) is 0 Å². The van der Waals surface area contributed by atoms with Gasteiger partial charge in [-0.05, 0) is 0 Å². The molecule has 10 heavy (non-hydrogen) atoms. The van der Waals surface area contributed by atoms with Crippen molar-refractivity contribution in [2.75, 3.05) is 6.54 Å². The first-order valence-corrected chi connectivity index (χ1v) is 2.56. The van der Waals surface area contributed by atoms with Gasteiger partial charge in [-0.25, -0.2) is 0 Å². The van der Waals surface area contributed by atoms with Gasteiger partial charge in [0, 0.05) is 0 Å². The van der Waals surface area contributed by atoms with Crippen LogP contribution in [0, 0.1) is 0 Å². The second-order valence-corrected chi connectivity index (χ2v) is 1.85. The minimum Gasteiger partial charge on any atom is -0.372 e. The van der Waals surface area contributed by atoms with Crippen LogP contribution in [0.2, 0.25) is 0 Å². The Kier molecular flexibility index (Phi) is 1.55. The minimum atomic E-state index is -4.46. The van der Waals surface area contributed by atoms with Crippen molar-refractivity contribution in [1.29, 1.82) is 0 Å². The van der Waals surface area contributed by atoms with Gasteiger partial charge in [0.25, 0.3) is 0 Å². The third kappa shape index (κ3) is 1.38. The third-order valence-electron chi connectivity index (χ3n) is 0.994. The largest absolute Gasteiger partial charge is 0.448 e. The summed E-state index contributed by atoms with van der Waals surface area (Å²) in [7, 11) is 0. The number of halogens is 3. The van der Waals surface area contributed by atoms with E-state index >= 15 is 0 Å². The van der Waals surface area contributed by atoms with Gasteiger partial charge in [-0.1, -0.05) is 0 Å². The average Bonchev–Trinajstić information content (AvgIpc) is 2.11. The van der Waals surface area contributed by atoms with Gasteiger partial charge in [-0.3, -0.25) is 4.99 Å². The fraction of sp³-hybridized carbons (Fsp3) is 0.750. The van der Waals surface area contributed by atoms with Crippen LogP contribution in [0.4, 0.5) is 13.2 Å². The molecule has 0 fully saturated rings. The second kappa shape index (κ2) is 2.12. The van der Waals surface area contributed by atoms with E-state index in [1.807, 2.05) is 0 Å². The molecule has 6 heteroatoms. The van der Waals surface area contributed by atoms with E-state index in [0.717, 1.165) is 0 Å². The monoisotopic (exact) mass is 154 g/mol. The molecule has 0 aromatic rings. The van der Waals surface area contributed by atoms with E-state index in [1.54, 1.807) is 5.32 Å². The fourth-order valence-corrected chi connectivity index (χ4v) is 0.598. The molecule has 1 atom stereocenters. The van der Waals surface area contributed by atoms with Gasteiger partial charge in [-0.2, -0.15) is 13.2 Å². The Bertz CT molecular complexity index is 164. The lowest BCUT2D eigenvalue weighted by atomic mass is 10.5. The zero-order valence-corrected chi connectivity index (χ0v) is 4.81. The highest BCUT2D eigenvalue weighted by Gasteiger charge is 2.39. The first-order valence-electron chi connectivity index (χ1n) is 2.56. The normalized spacial score (nSPS) is 26.0. The van der Waals surface area contributed by atoms with Gasteiger partial charge in [0.2, 0.25) is 5.84 Å². The smallest absolute Gasteiger partial charge is 0.372 e. The summed E-state index contributed by atoms with van der Waals surface area (Å²) in [5, 5.41) is 10.3. The van der Waals surface area contributed by atoms with Crippen molar-refractivity contribution in [3.8, 4) is 0 Å². The van der Waals surface area contributed by atoms with Crippen LogP contribution in [0.5, 0.6) is 0 Å². The van der Waals surface area contributed by atoms with Crippen molar-refractivity contribution in [3.63, 3.8) is 0 Å². The Labute approximate surface area is 54.6 Å². The van der Waals surface area contributed by atoms with Gasteiger partial charge in [0.15, 0.2) is 0 Å². The predicted octanol–water partition coefficient (Wildman–Crippen LogP) is -0.131. The van der Waals surface area contributed by atoms with Gasteiger partial charge in [-0.15, -0.1) is 0 Å². The van der Waals surface area contributed by atoms with Crippen molar-refractivity contribution in [2.24, 2.45) is 4.99 Å². The fourth-order valence-electron chi connectivity index (χ4n) is 0.598. The number of nitrogens with one attached hydrogen (secondary N) is 1. The molecule has 0 aliphatic carbocycles. The van der Waals surface area contributed by atoms with E-state index in [2.05, 4.69) is 4.99 Å². The molecule has 58 valence electrons. The molecule has 0 aromatic heterocycles. The summed E-state index contributed by atoms with van der Waals surface area (Å²) in [6, 6.07) is 0. The number of nitrogens with zero attached hydrogens (tertiary/aromatic N) is 1. The third-order valence-corrected chi connectivity index (χ3v) is 0.994. The topological polar surface area (TPSA) is 44.6 Å². The van der Waals surface area contributed by atoms with E-state index < -0.39 is 18.2 Å². The van der Waals surface area contributed by atoms with Crippen molar-refractivity contribution >= 4 is 5.84 Å². The van der Waals surface area contributed by atoms with Gasteiger partial charge >= 0.3 is 6.18 Å². The van der Waals surface area contributed by atoms with Crippen LogP contribution in [-0.4, -0.2) is 29.9 Å². The molecule has 3 nitrogen and oxygen atoms in total. The number of aliphatic imine (C=N–C) groups is 1. The molecule has 1 heterocycles. The number of hydrogen-bond donors (Lipinski definition) is 2. The highest BCUT2D eigenvalue weighted by molar-refractivity contribution is 5.88. The summed E-state index contributed by atoms with van der Waals surface area (Å²) >= 11 is 0. The standard InChI is InChI=1S/C4H5F3N2O/c5-4(6,7)3-8-1-2(10)9-3/h2,10H,1H2,(H,8,9). The zero-order chi connectivity index (χ0) is 7.78. The molecule has 0 bridgehead atoms. The van der Waals surface area contributed by atoms with Gasteiger partial charge in [0.05, 0.1) is 6.54 Å².